The molecule has 2 aliphatic rings. The minimum atomic E-state index is -2.74. The Hall–Kier alpha value is -1.53. The highest BCUT2D eigenvalue weighted by molar-refractivity contribution is 5.95. The van der Waals surface area contributed by atoms with Crippen molar-refractivity contribution in [3.63, 3.8) is 0 Å². The summed E-state index contributed by atoms with van der Waals surface area (Å²) < 4.78 is 27.0. The number of nitrogens with zero attached hydrogens (tertiary/aromatic N) is 2. The Kier molecular flexibility index (Phi) is 4.14. The molecule has 23 heavy (non-hydrogen) atoms. The molecule has 2 aliphatic heterocycles. The fraction of sp³-hybridized carbons (Fsp3) is 0.588. The Balaban J connectivity index is 1.62. The first kappa shape index (κ1) is 16.3. The first-order valence-electron chi connectivity index (χ1n) is 7.92. The van der Waals surface area contributed by atoms with Gasteiger partial charge in [0.05, 0.1) is 13.2 Å². The standard InChI is InChI=1S/C17H22F2N2O2/c1-11-3-4-13(5-12(11)2)16(23)20-7-15(8-20)21-10-17(18,19)6-14(21)9-22/h3-5,14-15,22H,6-10H2,1-2H3/t14-/m0/s1. The van der Waals surface area contributed by atoms with E-state index in [1.54, 1.807) is 15.9 Å². The monoisotopic (exact) mass is 324 g/mol. The maximum absolute atomic E-state index is 13.5. The summed E-state index contributed by atoms with van der Waals surface area (Å²) in [5.74, 6) is -2.80. The van der Waals surface area contributed by atoms with Crippen LogP contribution in [0.2, 0.25) is 0 Å². The van der Waals surface area contributed by atoms with Gasteiger partial charge in [-0.1, -0.05) is 6.07 Å². The number of amides is 1. The van der Waals surface area contributed by atoms with E-state index >= 15 is 0 Å². The molecule has 0 bridgehead atoms. The van der Waals surface area contributed by atoms with Gasteiger partial charge in [0.15, 0.2) is 0 Å². The van der Waals surface area contributed by atoms with Gasteiger partial charge < -0.3 is 10.0 Å². The lowest BCUT2D eigenvalue weighted by atomic mass is 10.0. The second kappa shape index (κ2) is 5.83. The van der Waals surface area contributed by atoms with Gasteiger partial charge >= 0.3 is 0 Å². The van der Waals surface area contributed by atoms with E-state index in [9.17, 15) is 18.7 Å². The van der Waals surface area contributed by atoms with Crippen LogP contribution in [0.3, 0.4) is 0 Å². The van der Waals surface area contributed by atoms with Gasteiger partial charge in [0.25, 0.3) is 11.8 Å². The zero-order chi connectivity index (χ0) is 16.8. The Labute approximate surface area is 134 Å². The predicted molar refractivity (Wildman–Crippen MR) is 82.8 cm³/mol. The molecule has 6 heteroatoms. The smallest absolute Gasteiger partial charge is 0.262 e. The molecule has 0 spiro atoms. The van der Waals surface area contributed by atoms with E-state index in [1.807, 2.05) is 26.0 Å². The van der Waals surface area contributed by atoms with E-state index in [0.29, 0.717) is 18.7 Å². The summed E-state index contributed by atoms with van der Waals surface area (Å²) >= 11 is 0. The number of benzene rings is 1. The average Bonchev–Trinajstić information content (AvgIpc) is 2.75. The number of likely N-dealkylation sites (tertiary alicyclic amines) is 2. The molecule has 4 nitrogen and oxygen atoms in total. The number of aliphatic hydroxyl groups excluding tert-OH is 1. The summed E-state index contributed by atoms with van der Waals surface area (Å²) in [6.45, 7) is 4.25. The number of halogens is 2. The molecule has 0 saturated carbocycles. The SMILES string of the molecule is Cc1ccc(C(=O)N2CC(N3CC(F)(F)C[C@H]3CO)C2)cc1C. The number of carbonyl (C=O) groups excluding carboxylic acids is 1. The fourth-order valence-corrected chi connectivity index (χ4v) is 3.41. The Morgan fingerprint density at radius 3 is 2.61 bits per heavy atom. The normalized spacial score (nSPS) is 24.7. The molecule has 3 rings (SSSR count). The van der Waals surface area contributed by atoms with Gasteiger partial charge in [-0.25, -0.2) is 8.78 Å². The molecule has 0 aromatic heterocycles. The molecule has 1 N–H and O–H groups in total. The molecule has 1 aromatic carbocycles. The highest BCUT2D eigenvalue weighted by Crippen LogP contribution is 2.35. The van der Waals surface area contributed by atoms with Crippen molar-refractivity contribution in [2.24, 2.45) is 0 Å². The Morgan fingerprint density at radius 2 is 2.00 bits per heavy atom. The largest absolute Gasteiger partial charge is 0.395 e. The minimum Gasteiger partial charge on any atom is -0.395 e. The van der Waals surface area contributed by atoms with Gasteiger partial charge in [0.2, 0.25) is 0 Å². The van der Waals surface area contributed by atoms with Crippen LogP contribution >= 0.6 is 0 Å². The van der Waals surface area contributed by atoms with Crippen LogP contribution in [0.1, 0.15) is 27.9 Å². The van der Waals surface area contributed by atoms with Crippen LogP contribution in [0.5, 0.6) is 0 Å². The van der Waals surface area contributed by atoms with Crippen molar-refractivity contribution < 1.29 is 18.7 Å². The third-order valence-electron chi connectivity index (χ3n) is 5.00. The number of aryl methyl sites for hydroxylation is 2. The van der Waals surface area contributed by atoms with Crippen molar-refractivity contribution in [2.75, 3.05) is 26.2 Å². The van der Waals surface area contributed by atoms with E-state index in [0.717, 1.165) is 11.1 Å². The summed E-state index contributed by atoms with van der Waals surface area (Å²) in [5, 5.41) is 9.29. The van der Waals surface area contributed by atoms with Gasteiger partial charge in [-0.15, -0.1) is 0 Å². The van der Waals surface area contributed by atoms with Crippen molar-refractivity contribution in [1.29, 1.82) is 0 Å². The van der Waals surface area contributed by atoms with E-state index < -0.39 is 12.0 Å². The molecule has 1 amide bonds. The average molecular weight is 324 g/mol. The Bertz CT molecular complexity index is 615. The molecule has 0 radical (unpaired) electrons. The predicted octanol–water partition coefficient (Wildman–Crippen LogP) is 1.83. The molecule has 0 aliphatic carbocycles. The fourth-order valence-electron chi connectivity index (χ4n) is 3.41. The molecule has 0 unspecified atom stereocenters. The molecule has 2 fully saturated rings. The van der Waals surface area contributed by atoms with Gasteiger partial charge in [0, 0.05) is 37.2 Å². The maximum atomic E-state index is 13.5. The Morgan fingerprint density at radius 1 is 1.30 bits per heavy atom. The van der Waals surface area contributed by atoms with Gasteiger partial charge in [-0.2, -0.15) is 0 Å². The molecule has 1 aromatic rings. The van der Waals surface area contributed by atoms with Crippen LogP contribution in [0, 0.1) is 13.8 Å². The summed E-state index contributed by atoms with van der Waals surface area (Å²) in [7, 11) is 0. The van der Waals surface area contributed by atoms with Crippen molar-refractivity contribution >= 4 is 5.91 Å². The van der Waals surface area contributed by atoms with Crippen LogP contribution in [0.4, 0.5) is 8.78 Å². The van der Waals surface area contributed by atoms with Crippen molar-refractivity contribution in [1.82, 2.24) is 9.80 Å². The topological polar surface area (TPSA) is 43.8 Å². The van der Waals surface area contributed by atoms with Gasteiger partial charge in [0.1, 0.15) is 0 Å². The lowest BCUT2D eigenvalue weighted by molar-refractivity contribution is -0.0125. The number of aliphatic hydroxyl groups is 1. The first-order valence-corrected chi connectivity index (χ1v) is 7.92. The van der Waals surface area contributed by atoms with E-state index in [4.69, 9.17) is 0 Å². The number of rotatable bonds is 3. The zero-order valence-electron chi connectivity index (χ0n) is 13.4. The van der Waals surface area contributed by atoms with E-state index in [2.05, 4.69) is 0 Å². The molecule has 1 atom stereocenters. The summed E-state index contributed by atoms with van der Waals surface area (Å²) in [6.07, 6.45) is -0.300. The van der Waals surface area contributed by atoms with E-state index in [-0.39, 0.29) is 31.5 Å². The minimum absolute atomic E-state index is 0.0594. The van der Waals surface area contributed by atoms with Crippen LogP contribution in [0.25, 0.3) is 0 Å². The molecule has 2 heterocycles. The van der Waals surface area contributed by atoms with Gasteiger partial charge in [-0.3, -0.25) is 9.69 Å². The van der Waals surface area contributed by atoms with Gasteiger partial charge in [-0.05, 0) is 37.1 Å². The summed E-state index contributed by atoms with van der Waals surface area (Å²) in [4.78, 5) is 15.8. The number of hydrogen-bond donors (Lipinski definition) is 1. The third-order valence-corrected chi connectivity index (χ3v) is 5.00. The second-order valence-electron chi connectivity index (χ2n) is 6.73. The summed E-state index contributed by atoms with van der Waals surface area (Å²) in [5.41, 5.74) is 2.83. The first-order chi connectivity index (χ1) is 10.8. The van der Waals surface area contributed by atoms with Crippen LogP contribution in [-0.2, 0) is 0 Å². The number of alkyl halides is 2. The highest BCUT2D eigenvalue weighted by atomic mass is 19.3. The van der Waals surface area contributed by atoms with Crippen molar-refractivity contribution in [3.8, 4) is 0 Å². The lowest BCUT2D eigenvalue weighted by Gasteiger charge is -2.45. The van der Waals surface area contributed by atoms with Crippen molar-refractivity contribution in [3.05, 3.63) is 34.9 Å². The quantitative estimate of drug-likeness (QED) is 0.922. The molecule has 2 saturated heterocycles. The highest BCUT2D eigenvalue weighted by Gasteiger charge is 2.49. The van der Waals surface area contributed by atoms with Crippen molar-refractivity contribution in [2.45, 2.75) is 38.3 Å². The second-order valence-corrected chi connectivity index (χ2v) is 6.73. The molecular formula is C17H22F2N2O2. The van der Waals surface area contributed by atoms with Crippen LogP contribution < -0.4 is 0 Å². The lowest BCUT2D eigenvalue weighted by Crippen LogP contribution is -2.62. The number of carbonyl (C=O) groups is 1. The maximum Gasteiger partial charge on any atom is 0.262 e. The zero-order valence-corrected chi connectivity index (χ0v) is 13.4. The molecular weight excluding hydrogens is 302 g/mol. The third kappa shape index (κ3) is 3.10. The number of hydrogen-bond acceptors (Lipinski definition) is 3. The van der Waals surface area contributed by atoms with E-state index in [1.165, 1.54) is 0 Å². The van der Waals surface area contributed by atoms with Crippen LogP contribution in [0.15, 0.2) is 18.2 Å². The molecule has 126 valence electrons. The van der Waals surface area contributed by atoms with Crippen LogP contribution in [-0.4, -0.2) is 65.1 Å². The summed E-state index contributed by atoms with van der Waals surface area (Å²) in [6, 6.07) is 5.00.